The minimum atomic E-state index is -0.537. The molecule has 0 amide bonds. The molecule has 4 nitrogen and oxygen atoms in total. The molecule has 1 aliphatic heterocycles. The van der Waals surface area contributed by atoms with Crippen LogP contribution in [-0.4, -0.2) is 31.1 Å². The number of ether oxygens (including phenoxy) is 3. The number of carbonyl (C=O) groups excluding carboxylic acids is 1. The fourth-order valence-electron chi connectivity index (χ4n) is 1.57. The van der Waals surface area contributed by atoms with Gasteiger partial charge in [0.15, 0.2) is 5.79 Å². The van der Waals surface area contributed by atoms with Gasteiger partial charge in [-0.3, -0.25) is 4.79 Å². The van der Waals surface area contributed by atoms with Gasteiger partial charge < -0.3 is 14.2 Å². The van der Waals surface area contributed by atoms with Crippen molar-refractivity contribution in [1.29, 1.82) is 0 Å². The van der Waals surface area contributed by atoms with Gasteiger partial charge in [-0.25, -0.2) is 0 Å². The lowest BCUT2D eigenvalue weighted by Gasteiger charge is -2.24. The molecule has 1 fully saturated rings. The molecule has 0 aromatic rings. The predicted octanol–water partition coefficient (Wildman–Crippen LogP) is 1.48. The Hall–Kier alpha value is -0.610. The lowest BCUT2D eigenvalue weighted by Crippen LogP contribution is -2.31. The summed E-state index contributed by atoms with van der Waals surface area (Å²) in [7, 11) is 1.39. The van der Waals surface area contributed by atoms with Crippen LogP contribution in [0.15, 0.2) is 0 Å². The van der Waals surface area contributed by atoms with Gasteiger partial charge in [0.25, 0.3) is 0 Å². The van der Waals surface area contributed by atoms with Crippen molar-refractivity contribution in [2.24, 2.45) is 0 Å². The molecule has 0 unspecified atom stereocenters. The molecule has 82 valence electrons. The van der Waals surface area contributed by atoms with Gasteiger partial charge in [-0.2, -0.15) is 0 Å². The van der Waals surface area contributed by atoms with E-state index in [2.05, 4.69) is 4.74 Å². The zero-order valence-corrected chi connectivity index (χ0v) is 9.25. The molecule has 14 heavy (non-hydrogen) atoms. The quantitative estimate of drug-likeness (QED) is 0.650. The highest BCUT2D eigenvalue weighted by molar-refractivity contribution is 5.69. The Morgan fingerprint density at radius 2 is 2.07 bits per heavy atom. The summed E-state index contributed by atoms with van der Waals surface area (Å²) >= 11 is 0. The highest BCUT2D eigenvalue weighted by Crippen LogP contribution is 2.33. The van der Waals surface area contributed by atoms with Crippen LogP contribution in [0, 0.1) is 0 Å². The second-order valence-corrected chi connectivity index (χ2v) is 4.32. The Bertz CT molecular complexity index is 224. The fourth-order valence-corrected chi connectivity index (χ4v) is 1.57. The molecule has 1 heterocycles. The first kappa shape index (κ1) is 11.5. The monoisotopic (exact) mass is 202 g/mol. The van der Waals surface area contributed by atoms with E-state index in [1.807, 2.05) is 20.8 Å². The van der Waals surface area contributed by atoms with Crippen molar-refractivity contribution in [2.75, 3.05) is 13.7 Å². The third-order valence-electron chi connectivity index (χ3n) is 2.30. The van der Waals surface area contributed by atoms with Crippen LogP contribution in [0.1, 0.15) is 33.6 Å². The molecule has 4 heteroatoms. The summed E-state index contributed by atoms with van der Waals surface area (Å²) in [5.74, 6) is -0.746. The summed E-state index contributed by atoms with van der Waals surface area (Å²) in [6, 6.07) is 0. The Morgan fingerprint density at radius 1 is 1.43 bits per heavy atom. The van der Waals surface area contributed by atoms with Gasteiger partial charge in [0, 0.05) is 6.42 Å². The predicted molar refractivity (Wildman–Crippen MR) is 50.8 cm³/mol. The number of carbonyl (C=O) groups is 1. The molecule has 0 aromatic heterocycles. The summed E-state index contributed by atoms with van der Waals surface area (Å²) in [6.07, 6.45) is 0.996. The maximum Gasteiger partial charge on any atom is 0.305 e. The summed E-state index contributed by atoms with van der Waals surface area (Å²) in [5.41, 5.74) is -0.363. The molecule has 1 atom stereocenters. The van der Waals surface area contributed by atoms with E-state index in [0.717, 1.165) is 0 Å². The molecule has 0 bridgehead atoms. The molecule has 0 saturated carbocycles. The van der Waals surface area contributed by atoms with Gasteiger partial charge in [0.05, 0.1) is 19.3 Å². The lowest BCUT2D eigenvalue weighted by molar-refractivity contribution is -0.161. The van der Waals surface area contributed by atoms with Crippen molar-refractivity contribution in [3.05, 3.63) is 0 Å². The topological polar surface area (TPSA) is 44.8 Å². The standard InChI is InChI=1S/C10H18O4/c1-9(2)13-7-10(3,14-9)6-5-8(11)12-4/h5-7H2,1-4H3/t10-/m0/s1. The molecule has 1 rings (SSSR count). The molecule has 1 saturated heterocycles. The highest BCUT2D eigenvalue weighted by Gasteiger charge is 2.41. The third kappa shape index (κ3) is 2.96. The molecular weight excluding hydrogens is 184 g/mol. The Morgan fingerprint density at radius 3 is 2.50 bits per heavy atom. The first-order valence-electron chi connectivity index (χ1n) is 4.78. The first-order valence-corrected chi connectivity index (χ1v) is 4.78. The molecule has 0 N–H and O–H groups in total. The maximum atomic E-state index is 11.0. The third-order valence-corrected chi connectivity index (χ3v) is 2.30. The number of methoxy groups -OCH3 is 1. The zero-order valence-electron chi connectivity index (χ0n) is 9.25. The van der Waals surface area contributed by atoms with Crippen molar-refractivity contribution >= 4 is 5.97 Å². The zero-order chi connectivity index (χ0) is 10.8. The van der Waals surface area contributed by atoms with Crippen LogP contribution in [0.25, 0.3) is 0 Å². The van der Waals surface area contributed by atoms with E-state index in [1.165, 1.54) is 7.11 Å². The van der Waals surface area contributed by atoms with E-state index < -0.39 is 5.79 Å². The lowest BCUT2D eigenvalue weighted by atomic mass is 10.0. The van der Waals surface area contributed by atoms with Crippen molar-refractivity contribution in [2.45, 2.75) is 45.0 Å². The largest absolute Gasteiger partial charge is 0.469 e. The number of rotatable bonds is 3. The SMILES string of the molecule is COC(=O)CC[C@@]1(C)COC(C)(C)O1. The van der Waals surface area contributed by atoms with Gasteiger partial charge in [0.2, 0.25) is 0 Å². The number of hydrogen-bond acceptors (Lipinski definition) is 4. The van der Waals surface area contributed by atoms with Crippen LogP contribution in [0.4, 0.5) is 0 Å². The first-order chi connectivity index (χ1) is 6.37. The molecular formula is C10H18O4. The van der Waals surface area contributed by atoms with Crippen molar-refractivity contribution in [3.8, 4) is 0 Å². The second-order valence-electron chi connectivity index (χ2n) is 4.32. The van der Waals surface area contributed by atoms with Crippen LogP contribution in [0.2, 0.25) is 0 Å². The molecule has 0 spiro atoms. The van der Waals surface area contributed by atoms with Crippen LogP contribution in [-0.2, 0) is 19.0 Å². The molecule has 0 radical (unpaired) electrons. The van der Waals surface area contributed by atoms with E-state index in [9.17, 15) is 4.79 Å². The van der Waals surface area contributed by atoms with Gasteiger partial charge in [-0.05, 0) is 27.2 Å². The van der Waals surface area contributed by atoms with Gasteiger partial charge in [-0.1, -0.05) is 0 Å². The normalized spacial score (nSPS) is 30.3. The van der Waals surface area contributed by atoms with E-state index in [0.29, 0.717) is 19.4 Å². The Kier molecular flexibility index (Phi) is 3.17. The molecule has 0 aromatic carbocycles. The maximum absolute atomic E-state index is 11.0. The molecule has 0 aliphatic carbocycles. The average Bonchev–Trinajstić information content (AvgIpc) is 2.37. The van der Waals surface area contributed by atoms with Crippen LogP contribution >= 0.6 is 0 Å². The van der Waals surface area contributed by atoms with E-state index in [4.69, 9.17) is 9.47 Å². The number of esters is 1. The fraction of sp³-hybridized carbons (Fsp3) is 0.900. The second kappa shape index (κ2) is 3.87. The van der Waals surface area contributed by atoms with Crippen LogP contribution in [0.3, 0.4) is 0 Å². The summed E-state index contributed by atoms with van der Waals surface area (Å²) in [5, 5.41) is 0. The summed E-state index contributed by atoms with van der Waals surface area (Å²) in [6.45, 7) is 6.22. The smallest absolute Gasteiger partial charge is 0.305 e. The van der Waals surface area contributed by atoms with Gasteiger partial charge >= 0.3 is 5.97 Å². The van der Waals surface area contributed by atoms with Gasteiger partial charge in [-0.15, -0.1) is 0 Å². The van der Waals surface area contributed by atoms with Crippen LogP contribution < -0.4 is 0 Å². The van der Waals surface area contributed by atoms with Crippen molar-refractivity contribution < 1.29 is 19.0 Å². The van der Waals surface area contributed by atoms with Crippen molar-refractivity contribution in [3.63, 3.8) is 0 Å². The Balaban J connectivity index is 2.41. The van der Waals surface area contributed by atoms with Crippen molar-refractivity contribution in [1.82, 2.24) is 0 Å². The minimum Gasteiger partial charge on any atom is -0.469 e. The highest BCUT2D eigenvalue weighted by atomic mass is 16.8. The summed E-state index contributed by atoms with van der Waals surface area (Å²) in [4.78, 5) is 11.0. The van der Waals surface area contributed by atoms with E-state index >= 15 is 0 Å². The number of hydrogen-bond donors (Lipinski definition) is 0. The molecule has 1 aliphatic rings. The van der Waals surface area contributed by atoms with Gasteiger partial charge in [0.1, 0.15) is 0 Å². The summed E-state index contributed by atoms with van der Waals surface area (Å²) < 4.78 is 15.7. The van der Waals surface area contributed by atoms with E-state index in [1.54, 1.807) is 0 Å². The minimum absolute atomic E-state index is 0.209. The average molecular weight is 202 g/mol. The van der Waals surface area contributed by atoms with E-state index in [-0.39, 0.29) is 11.6 Å². The van der Waals surface area contributed by atoms with Crippen LogP contribution in [0.5, 0.6) is 0 Å². The Labute approximate surface area is 84.5 Å².